The van der Waals surface area contributed by atoms with Crippen molar-refractivity contribution in [3.8, 4) is 0 Å². The first-order chi connectivity index (χ1) is 13.2. The van der Waals surface area contributed by atoms with Crippen molar-refractivity contribution in [2.75, 3.05) is 12.3 Å². The van der Waals surface area contributed by atoms with Gasteiger partial charge in [0.25, 0.3) is 0 Å². The molecule has 1 aromatic carbocycles. The Bertz CT molecular complexity index is 790. The Kier molecular flexibility index (Phi) is 7.78. The Labute approximate surface area is 169 Å². The molecule has 0 atom stereocenters. The SMILES string of the molecule is Cc1ccc(Sc2nccnc2SCC(=O)NCCC2=CCCCC2)cc1. The van der Waals surface area contributed by atoms with Gasteiger partial charge in [-0.25, -0.2) is 9.97 Å². The van der Waals surface area contributed by atoms with Crippen LogP contribution in [0.25, 0.3) is 0 Å². The number of carbonyl (C=O) groups is 1. The van der Waals surface area contributed by atoms with Crippen molar-refractivity contribution < 1.29 is 4.79 Å². The van der Waals surface area contributed by atoms with Crippen LogP contribution in [0.3, 0.4) is 0 Å². The number of carbonyl (C=O) groups excluding carboxylic acids is 1. The van der Waals surface area contributed by atoms with Gasteiger partial charge in [0.1, 0.15) is 10.1 Å². The molecular weight excluding hydrogens is 374 g/mol. The molecule has 0 saturated carbocycles. The van der Waals surface area contributed by atoms with Crippen LogP contribution in [0.1, 0.15) is 37.7 Å². The fourth-order valence-corrected chi connectivity index (χ4v) is 4.61. The van der Waals surface area contributed by atoms with Gasteiger partial charge in [-0.3, -0.25) is 4.79 Å². The van der Waals surface area contributed by atoms with Crippen LogP contribution in [0.2, 0.25) is 0 Å². The molecule has 0 fully saturated rings. The summed E-state index contributed by atoms with van der Waals surface area (Å²) in [4.78, 5) is 22.1. The summed E-state index contributed by atoms with van der Waals surface area (Å²) in [5.41, 5.74) is 2.72. The third-order valence-electron chi connectivity index (χ3n) is 4.36. The van der Waals surface area contributed by atoms with Crippen LogP contribution in [0.15, 0.2) is 63.3 Å². The van der Waals surface area contributed by atoms with Crippen molar-refractivity contribution in [1.82, 2.24) is 15.3 Å². The Morgan fingerprint density at radius 1 is 1.11 bits per heavy atom. The minimum Gasteiger partial charge on any atom is -0.355 e. The summed E-state index contributed by atoms with van der Waals surface area (Å²) in [6, 6.07) is 8.33. The third kappa shape index (κ3) is 6.70. The van der Waals surface area contributed by atoms with E-state index in [4.69, 9.17) is 0 Å². The fourth-order valence-electron chi connectivity index (χ4n) is 2.88. The Morgan fingerprint density at radius 3 is 2.63 bits per heavy atom. The molecule has 27 heavy (non-hydrogen) atoms. The molecule has 0 bridgehead atoms. The zero-order chi connectivity index (χ0) is 18.9. The first kappa shape index (κ1) is 20.0. The number of aromatic nitrogens is 2. The second-order valence-electron chi connectivity index (χ2n) is 6.58. The summed E-state index contributed by atoms with van der Waals surface area (Å²) in [5, 5.41) is 4.66. The Hall–Kier alpha value is -1.79. The summed E-state index contributed by atoms with van der Waals surface area (Å²) in [6.07, 6.45) is 11.6. The lowest BCUT2D eigenvalue weighted by Gasteiger charge is -2.13. The minimum absolute atomic E-state index is 0.0494. The standard InChI is InChI=1S/C21H25N3OS2/c1-16-7-9-18(10-8-16)27-21-20(23-13-14-24-21)26-15-19(25)22-12-11-17-5-3-2-4-6-17/h5,7-10,13-14H,2-4,6,11-12,15H2,1H3,(H,22,25). The van der Waals surface area contributed by atoms with Crippen LogP contribution in [0.4, 0.5) is 0 Å². The number of benzene rings is 1. The molecule has 0 radical (unpaired) electrons. The van der Waals surface area contributed by atoms with Gasteiger partial charge in [-0.05, 0) is 51.2 Å². The maximum Gasteiger partial charge on any atom is 0.230 e. The van der Waals surface area contributed by atoms with Crippen molar-refractivity contribution in [3.05, 3.63) is 53.9 Å². The molecule has 142 valence electrons. The average molecular weight is 400 g/mol. The van der Waals surface area contributed by atoms with Crippen LogP contribution in [-0.4, -0.2) is 28.2 Å². The smallest absolute Gasteiger partial charge is 0.230 e. The second-order valence-corrected chi connectivity index (χ2v) is 8.60. The minimum atomic E-state index is 0.0494. The summed E-state index contributed by atoms with van der Waals surface area (Å²) in [7, 11) is 0. The predicted molar refractivity (Wildman–Crippen MR) is 112 cm³/mol. The molecule has 1 aliphatic carbocycles. The lowest BCUT2D eigenvalue weighted by atomic mass is 9.97. The fraction of sp³-hybridized carbons (Fsp3) is 0.381. The van der Waals surface area contributed by atoms with Crippen molar-refractivity contribution in [3.63, 3.8) is 0 Å². The van der Waals surface area contributed by atoms with E-state index in [-0.39, 0.29) is 5.91 Å². The first-order valence-electron chi connectivity index (χ1n) is 9.33. The highest BCUT2D eigenvalue weighted by Crippen LogP contribution is 2.32. The van der Waals surface area contributed by atoms with E-state index < -0.39 is 0 Å². The van der Waals surface area contributed by atoms with Crippen molar-refractivity contribution in [1.29, 1.82) is 0 Å². The summed E-state index contributed by atoms with van der Waals surface area (Å²) in [6.45, 7) is 2.79. The van der Waals surface area contributed by atoms with Gasteiger partial charge in [0.05, 0.1) is 5.75 Å². The Balaban J connectivity index is 1.48. The highest BCUT2D eigenvalue weighted by molar-refractivity contribution is 8.02. The molecule has 1 amide bonds. The van der Waals surface area contributed by atoms with Gasteiger partial charge in [-0.2, -0.15) is 0 Å². The molecule has 1 aliphatic rings. The molecule has 1 N–H and O–H groups in total. The number of rotatable bonds is 8. The van der Waals surface area contributed by atoms with Crippen molar-refractivity contribution in [2.45, 2.75) is 54.0 Å². The summed E-state index contributed by atoms with van der Waals surface area (Å²) >= 11 is 3.02. The van der Waals surface area contributed by atoms with Crippen LogP contribution in [0.5, 0.6) is 0 Å². The van der Waals surface area contributed by atoms with E-state index in [1.807, 2.05) is 0 Å². The van der Waals surface area contributed by atoms with Crippen LogP contribution < -0.4 is 5.32 Å². The third-order valence-corrected chi connectivity index (χ3v) is 6.47. The van der Waals surface area contributed by atoms with Gasteiger partial charge in [-0.1, -0.05) is 52.9 Å². The van der Waals surface area contributed by atoms with E-state index >= 15 is 0 Å². The molecule has 0 spiro atoms. The largest absolute Gasteiger partial charge is 0.355 e. The Morgan fingerprint density at radius 2 is 1.89 bits per heavy atom. The first-order valence-corrected chi connectivity index (χ1v) is 11.1. The van der Waals surface area contributed by atoms with Gasteiger partial charge < -0.3 is 5.32 Å². The molecule has 0 aliphatic heterocycles. The number of hydrogen-bond acceptors (Lipinski definition) is 5. The van der Waals surface area contributed by atoms with Gasteiger partial charge in [0, 0.05) is 23.8 Å². The topological polar surface area (TPSA) is 54.9 Å². The number of nitrogens with one attached hydrogen (secondary N) is 1. The number of thioether (sulfide) groups is 1. The predicted octanol–water partition coefficient (Wildman–Crippen LogP) is 5.04. The lowest BCUT2D eigenvalue weighted by molar-refractivity contribution is -0.118. The normalized spacial score (nSPS) is 13.9. The van der Waals surface area contributed by atoms with Gasteiger partial charge in [0.15, 0.2) is 0 Å². The van der Waals surface area contributed by atoms with E-state index in [2.05, 4.69) is 52.5 Å². The maximum atomic E-state index is 12.2. The highest BCUT2D eigenvalue weighted by Gasteiger charge is 2.11. The van der Waals surface area contributed by atoms with Crippen molar-refractivity contribution in [2.24, 2.45) is 0 Å². The van der Waals surface area contributed by atoms with E-state index in [1.165, 1.54) is 48.6 Å². The molecule has 0 unspecified atom stereocenters. The van der Waals surface area contributed by atoms with Gasteiger partial charge in [-0.15, -0.1) is 0 Å². The lowest BCUT2D eigenvalue weighted by Crippen LogP contribution is -2.26. The van der Waals surface area contributed by atoms with Gasteiger partial charge >= 0.3 is 0 Å². The monoisotopic (exact) mass is 399 g/mol. The molecule has 2 aromatic rings. The van der Waals surface area contributed by atoms with Gasteiger partial charge in [0.2, 0.25) is 5.91 Å². The molecule has 1 aromatic heterocycles. The summed E-state index contributed by atoms with van der Waals surface area (Å²) < 4.78 is 0. The molecule has 6 heteroatoms. The molecule has 4 nitrogen and oxygen atoms in total. The van der Waals surface area contributed by atoms with Crippen LogP contribution >= 0.6 is 23.5 Å². The van der Waals surface area contributed by atoms with E-state index in [9.17, 15) is 4.79 Å². The molecule has 1 heterocycles. The summed E-state index contributed by atoms with van der Waals surface area (Å²) in [5.74, 6) is 0.410. The molecular formula is C21H25N3OS2. The number of amides is 1. The zero-order valence-electron chi connectivity index (χ0n) is 15.6. The second kappa shape index (κ2) is 10.5. The quantitative estimate of drug-likeness (QED) is 0.498. The highest BCUT2D eigenvalue weighted by atomic mass is 32.2. The van der Waals surface area contributed by atoms with Crippen LogP contribution in [-0.2, 0) is 4.79 Å². The number of aryl methyl sites for hydroxylation is 1. The number of nitrogens with zero attached hydrogens (tertiary/aromatic N) is 2. The number of allylic oxidation sites excluding steroid dienone is 1. The maximum absolute atomic E-state index is 12.2. The zero-order valence-corrected chi connectivity index (χ0v) is 17.2. The average Bonchev–Trinajstić information content (AvgIpc) is 2.70. The molecule has 0 saturated heterocycles. The van der Waals surface area contributed by atoms with E-state index in [1.54, 1.807) is 24.2 Å². The van der Waals surface area contributed by atoms with E-state index in [0.717, 1.165) is 27.9 Å². The number of hydrogen-bond donors (Lipinski definition) is 1. The van der Waals surface area contributed by atoms with Crippen molar-refractivity contribution >= 4 is 29.4 Å². The van der Waals surface area contributed by atoms with Crippen LogP contribution in [0, 0.1) is 6.92 Å². The molecule has 3 rings (SSSR count). The van der Waals surface area contributed by atoms with E-state index in [0.29, 0.717) is 5.75 Å².